The number of rotatable bonds is 4. The molecule has 1 unspecified atom stereocenters. The summed E-state index contributed by atoms with van der Waals surface area (Å²) in [5, 5.41) is 19.7. The lowest BCUT2D eigenvalue weighted by molar-refractivity contribution is -0.384. The lowest BCUT2D eigenvalue weighted by Crippen LogP contribution is -2.21. The fraction of sp³-hybridized carbons (Fsp3) is 0.417. The maximum absolute atomic E-state index is 10.9. The van der Waals surface area contributed by atoms with Crippen molar-refractivity contribution in [2.45, 2.75) is 12.8 Å². The number of aliphatic carboxylic acids is 1. The number of carboxylic acids is 1. The molecule has 1 N–H and O–H groups in total. The lowest BCUT2D eigenvalue weighted by atomic mass is 10.1. The summed E-state index contributed by atoms with van der Waals surface area (Å²) in [5.41, 5.74) is 0.656. The molecule has 1 atom stereocenters. The molecule has 1 aliphatic rings. The summed E-state index contributed by atoms with van der Waals surface area (Å²) in [7, 11) is 0. The van der Waals surface area contributed by atoms with Gasteiger partial charge in [0.25, 0.3) is 5.69 Å². The van der Waals surface area contributed by atoms with E-state index in [9.17, 15) is 14.9 Å². The van der Waals surface area contributed by atoms with Crippen LogP contribution in [0.5, 0.6) is 0 Å². The predicted octanol–water partition coefficient (Wildman–Crippen LogP) is 1.90. The zero-order valence-electron chi connectivity index (χ0n) is 9.78. The third-order valence-electron chi connectivity index (χ3n) is 3.17. The van der Waals surface area contributed by atoms with Gasteiger partial charge in [-0.3, -0.25) is 14.9 Å². The highest BCUT2D eigenvalue weighted by Gasteiger charge is 2.28. The largest absolute Gasteiger partial charge is 0.481 e. The summed E-state index contributed by atoms with van der Waals surface area (Å²) in [6.45, 7) is 1.24. The summed E-state index contributed by atoms with van der Waals surface area (Å²) >= 11 is 0. The third kappa shape index (κ3) is 2.58. The average Bonchev–Trinajstić information content (AvgIpc) is 2.76. The summed E-state index contributed by atoms with van der Waals surface area (Å²) in [5.74, 6) is -0.744. The Hall–Kier alpha value is -2.11. The van der Waals surface area contributed by atoms with E-state index in [1.165, 1.54) is 6.07 Å². The van der Waals surface area contributed by atoms with Crippen molar-refractivity contribution in [2.75, 3.05) is 18.0 Å². The van der Waals surface area contributed by atoms with Gasteiger partial charge in [0, 0.05) is 25.6 Å². The van der Waals surface area contributed by atoms with Crippen LogP contribution in [0.4, 0.5) is 11.4 Å². The van der Waals surface area contributed by atoms with Crippen LogP contribution in [-0.2, 0) is 4.79 Å². The van der Waals surface area contributed by atoms with Gasteiger partial charge in [-0.1, -0.05) is 12.1 Å². The number of nitro benzene ring substituents is 1. The van der Waals surface area contributed by atoms with Gasteiger partial charge in [0.1, 0.15) is 5.69 Å². The number of benzene rings is 1. The summed E-state index contributed by atoms with van der Waals surface area (Å²) in [6.07, 6.45) is 0.884. The van der Waals surface area contributed by atoms with Crippen molar-refractivity contribution in [3.05, 3.63) is 34.4 Å². The minimum Gasteiger partial charge on any atom is -0.481 e. The van der Waals surface area contributed by atoms with Crippen LogP contribution in [0.3, 0.4) is 0 Å². The number of nitro groups is 1. The number of nitrogens with zero attached hydrogens (tertiary/aromatic N) is 2. The molecule has 1 heterocycles. The van der Waals surface area contributed by atoms with Crippen molar-refractivity contribution in [2.24, 2.45) is 5.92 Å². The minimum atomic E-state index is -0.815. The van der Waals surface area contributed by atoms with Gasteiger partial charge in [-0.25, -0.2) is 0 Å². The number of hydrogen-bond donors (Lipinski definition) is 1. The summed E-state index contributed by atoms with van der Waals surface area (Å²) < 4.78 is 0. The van der Waals surface area contributed by atoms with Crippen LogP contribution in [0, 0.1) is 16.0 Å². The molecule has 0 saturated carbocycles. The third-order valence-corrected chi connectivity index (χ3v) is 3.17. The van der Waals surface area contributed by atoms with Crippen molar-refractivity contribution in [1.29, 1.82) is 0 Å². The van der Waals surface area contributed by atoms with Gasteiger partial charge in [0.15, 0.2) is 0 Å². The molecule has 96 valence electrons. The van der Waals surface area contributed by atoms with Gasteiger partial charge in [-0.15, -0.1) is 0 Å². The van der Waals surface area contributed by atoms with E-state index in [0.29, 0.717) is 18.8 Å². The predicted molar refractivity (Wildman–Crippen MR) is 65.7 cm³/mol. The lowest BCUT2D eigenvalue weighted by Gasteiger charge is -2.18. The molecular formula is C12H14N2O4. The Bertz CT molecular complexity index is 475. The van der Waals surface area contributed by atoms with Gasteiger partial charge in [0.2, 0.25) is 0 Å². The molecule has 6 nitrogen and oxygen atoms in total. The minimum absolute atomic E-state index is 0.0716. The van der Waals surface area contributed by atoms with Crippen LogP contribution in [0.25, 0.3) is 0 Å². The zero-order valence-corrected chi connectivity index (χ0v) is 9.78. The first-order valence-corrected chi connectivity index (χ1v) is 5.78. The molecule has 1 aliphatic heterocycles. The molecule has 2 rings (SSSR count). The second kappa shape index (κ2) is 5.03. The van der Waals surface area contributed by atoms with Gasteiger partial charge >= 0.3 is 5.97 Å². The Morgan fingerprint density at radius 2 is 2.22 bits per heavy atom. The zero-order chi connectivity index (χ0) is 13.1. The molecule has 18 heavy (non-hydrogen) atoms. The van der Waals surface area contributed by atoms with Crippen LogP contribution in [0.2, 0.25) is 0 Å². The fourth-order valence-electron chi connectivity index (χ4n) is 2.35. The van der Waals surface area contributed by atoms with E-state index < -0.39 is 10.9 Å². The molecular weight excluding hydrogens is 236 g/mol. The van der Waals surface area contributed by atoms with Crippen LogP contribution in [0.1, 0.15) is 12.8 Å². The number of carboxylic acid groups (broad SMARTS) is 1. The molecule has 0 spiro atoms. The molecule has 0 radical (unpaired) electrons. The van der Waals surface area contributed by atoms with Crippen molar-refractivity contribution in [1.82, 2.24) is 0 Å². The van der Waals surface area contributed by atoms with Crippen molar-refractivity contribution in [3.8, 4) is 0 Å². The number of carbonyl (C=O) groups is 1. The quantitative estimate of drug-likeness (QED) is 0.651. The Morgan fingerprint density at radius 3 is 2.89 bits per heavy atom. The Labute approximate surface area is 104 Å². The highest BCUT2D eigenvalue weighted by molar-refractivity contribution is 5.68. The molecule has 0 bridgehead atoms. The number of anilines is 1. The Kier molecular flexibility index (Phi) is 3.45. The van der Waals surface area contributed by atoms with Gasteiger partial charge in [-0.2, -0.15) is 0 Å². The smallest absolute Gasteiger partial charge is 0.303 e. The summed E-state index contributed by atoms with van der Waals surface area (Å²) in [4.78, 5) is 23.1. The molecule has 0 amide bonds. The first-order chi connectivity index (χ1) is 8.58. The summed E-state index contributed by atoms with van der Waals surface area (Å²) in [6, 6.07) is 6.57. The van der Waals surface area contributed by atoms with Crippen LogP contribution in [-0.4, -0.2) is 29.1 Å². The standard InChI is InChI=1S/C12H14N2O4/c15-12(16)7-9-5-6-13(8-9)10-3-1-2-4-11(10)14(17)18/h1-4,9H,5-8H2,(H,15,16). The molecule has 6 heteroatoms. The Balaban J connectivity index is 2.14. The Morgan fingerprint density at radius 1 is 1.50 bits per heavy atom. The second-order valence-corrected chi connectivity index (χ2v) is 4.44. The van der Waals surface area contributed by atoms with Crippen molar-refractivity contribution in [3.63, 3.8) is 0 Å². The highest BCUT2D eigenvalue weighted by atomic mass is 16.6. The molecule has 0 aromatic heterocycles. The first-order valence-electron chi connectivity index (χ1n) is 5.78. The van der Waals surface area contributed by atoms with E-state index in [-0.39, 0.29) is 18.0 Å². The van der Waals surface area contributed by atoms with Gasteiger partial charge in [-0.05, 0) is 18.4 Å². The normalized spacial score (nSPS) is 18.9. The van der Waals surface area contributed by atoms with Crippen molar-refractivity contribution >= 4 is 17.3 Å². The second-order valence-electron chi connectivity index (χ2n) is 4.44. The maximum Gasteiger partial charge on any atom is 0.303 e. The van der Waals surface area contributed by atoms with E-state index in [0.717, 1.165) is 6.42 Å². The molecule has 1 aromatic rings. The molecule has 1 aromatic carbocycles. The molecule has 0 aliphatic carbocycles. The van der Waals surface area contributed by atoms with Crippen LogP contribution in [0.15, 0.2) is 24.3 Å². The van der Waals surface area contributed by atoms with E-state index in [4.69, 9.17) is 5.11 Å². The topological polar surface area (TPSA) is 83.7 Å². The van der Waals surface area contributed by atoms with Gasteiger partial charge in [0.05, 0.1) is 4.92 Å². The number of para-hydroxylation sites is 2. The van der Waals surface area contributed by atoms with E-state index >= 15 is 0 Å². The van der Waals surface area contributed by atoms with Gasteiger partial charge < -0.3 is 10.0 Å². The highest BCUT2D eigenvalue weighted by Crippen LogP contribution is 2.32. The molecule has 1 fully saturated rings. The van der Waals surface area contributed by atoms with E-state index in [2.05, 4.69) is 0 Å². The monoisotopic (exact) mass is 250 g/mol. The maximum atomic E-state index is 10.9. The first kappa shape index (κ1) is 12.3. The van der Waals surface area contributed by atoms with Crippen molar-refractivity contribution < 1.29 is 14.8 Å². The molecule has 1 saturated heterocycles. The average molecular weight is 250 g/mol. The van der Waals surface area contributed by atoms with E-state index in [1.807, 2.05) is 4.90 Å². The van der Waals surface area contributed by atoms with E-state index in [1.54, 1.807) is 18.2 Å². The van der Waals surface area contributed by atoms with Crippen LogP contribution < -0.4 is 4.90 Å². The van der Waals surface area contributed by atoms with Crippen LogP contribution >= 0.6 is 0 Å². The SMILES string of the molecule is O=C(O)CC1CCN(c2ccccc2[N+](=O)[O-])C1. The number of hydrogen-bond acceptors (Lipinski definition) is 4. The fourth-order valence-corrected chi connectivity index (χ4v) is 2.35.